The molecule has 0 atom stereocenters. The van der Waals surface area contributed by atoms with Crippen molar-refractivity contribution in [2.45, 2.75) is 52.2 Å². The van der Waals surface area contributed by atoms with Gasteiger partial charge in [-0.15, -0.1) is 0 Å². The predicted molar refractivity (Wildman–Crippen MR) is 64.0 cm³/mol. The van der Waals surface area contributed by atoms with Gasteiger partial charge in [-0.05, 0) is 12.3 Å². The van der Waals surface area contributed by atoms with Gasteiger partial charge in [0.25, 0.3) is 0 Å². The molecule has 1 heterocycles. The van der Waals surface area contributed by atoms with Crippen molar-refractivity contribution in [1.82, 2.24) is 0 Å². The molecule has 0 aromatic rings. The number of hydrogen-bond acceptors (Lipinski definition) is 4. The zero-order valence-corrected chi connectivity index (χ0v) is 10.9. The van der Waals surface area contributed by atoms with E-state index in [1.807, 2.05) is 13.8 Å². The topological polar surface area (TPSA) is 44.8 Å². The fourth-order valence-electron chi connectivity index (χ4n) is 1.70. The summed E-state index contributed by atoms with van der Waals surface area (Å²) in [6.07, 6.45) is 5.66. The molecule has 0 unspecified atom stereocenters. The summed E-state index contributed by atoms with van der Waals surface area (Å²) < 4.78 is 16.0. The van der Waals surface area contributed by atoms with Crippen LogP contribution in [0.3, 0.4) is 0 Å². The predicted octanol–water partition coefficient (Wildman–Crippen LogP) is 2.98. The Morgan fingerprint density at radius 1 is 1.29 bits per heavy atom. The number of hydrogen-bond donors (Lipinski definition) is 0. The first-order valence-electron chi connectivity index (χ1n) is 6.24. The van der Waals surface area contributed by atoms with Crippen molar-refractivity contribution in [2.24, 2.45) is 5.92 Å². The number of carbonyl (C=O) groups excluding carboxylic acids is 1. The van der Waals surface area contributed by atoms with Crippen LogP contribution in [0.2, 0.25) is 0 Å². The van der Waals surface area contributed by atoms with Gasteiger partial charge in [0.05, 0.1) is 13.0 Å². The molecule has 17 heavy (non-hydrogen) atoms. The van der Waals surface area contributed by atoms with Crippen LogP contribution in [0.15, 0.2) is 12.5 Å². The first kappa shape index (κ1) is 13.9. The van der Waals surface area contributed by atoms with Crippen molar-refractivity contribution in [3.63, 3.8) is 0 Å². The van der Waals surface area contributed by atoms with Gasteiger partial charge < -0.3 is 14.2 Å². The monoisotopic (exact) mass is 242 g/mol. The van der Waals surface area contributed by atoms with Crippen LogP contribution in [0.5, 0.6) is 0 Å². The van der Waals surface area contributed by atoms with E-state index in [9.17, 15) is 4.79 Å². The van der Waals surface area contributed by atoms with E-state index in [1.165, 1.54) is 12.5 Å². The van der Waals surface area contributed by atoms with Gasteiger partial charge in [0.15, 0.2) is 0 Å². The van der Waals surface area contributed by atoms with Crippen molar-refractivity contribution in [2.75, 3.05) is 6.61 Å². The van der Waals surface area contributed by atoms with Gasteiger partial charge in [-0.3, -0.25) is 4.79 Å². The Kier molecular flexibility index (Phi) is 5.32. The summed E-state index contributed by atoms with van der Waals surface area (Å²) in [5.41, 5.74) is 0. The molecule has 1 aliphatic heterocycles. The van der Waals surface area contributed by atoms with E-state index in [0.717, 1.165) is 12.8 Å². The summed E-state index contributed by atoms with van der Waals surface area (Å²) in [6.45, 7) is 6.56. The average molecular weight is 242 g/mol. The summed E-state index contributed by atoms with van der Waals surface area (Å²) in [5, 5.41) is 0. The molecule has 0 saturated carbocycles. The summed E-state index contributed by atoms with van der Waals surface area (Å²) in [4.78, 5) is 11.5. The first-order valence-corrected chi connectivity index (χ1v) is 6.24. The Morgan fingerprint density at radius 2 is 1.94 bits per heavy atom. The van der Waals surface area contributed by atoms with Gasteiger partial charge in [0.2, 0.25) is 5.79 Å². The first-order chi connectivity index (χ1) is 8.08. The molecule has 0 saturated heterocycles. The fourth-order valence-corrected chi connectivity index (χ4v) is 1.70. The normalized spacial score (nSPS) is 16.7. The van der Waals surface area contributed by atoms with Gasteiger partial charge in [-0.2, -0.15) is 0 Å². The lowest BCUT2D eigenvalue weighted by molar-refractivity contribution is -0.164. The van der Waals surface area contributed by atoms with E-state index >= 15 is 0 Å². The zero-order chi connectivity index (χ0) is 12.7. The van der Waals surface area contributed by atoms with E-state index < -0.39 is 5.79 Å². The molecular weight excluding hydrogens is 220 g/mol. The maximum absolute atomic E-state index is 11.5. The van der Waals surface area contributed by atoms with Gasteiger partial charge >= 0.3 is 5.97 Å². The van der Waals surface area contributed by atoms with Gasteiger partial charge in [-0.1, -0.05) is 20.8 Å². The van der Waals surface area contributed by atoms with Crippen LogP contribution in [0.25, 0.3) is 0 Å². The second-order valence-electron chi connectivity index (χ2n) is 4.75. The summed E-state index contributed by atoms with van der Waals surface area (Å²) in [5.74, 6) is -0.469. The minimum Gasteiger partial charge on any atom is -0.465 e. The quantitative estimate of drug-likeness (QED) is 0.644. The Hall–Kier alpha value is -1.19. The third kappa shape index (κ3) is 4.67. The van der Waals surface area contributed by atoms with Crippen molar-refractivity contribution < 1.29 is 19.0 Å². The molecule has 0 N–H and O–H groups in total. The van der Waals surface area contributed by atoms with E-state index in [4.69, 9.17) is 14.2 Å². The molecule has 1 rings (SSSR count). The molecule has 4 heteroatoms. The Bertz CT molecular complexity index is 263. The smallest absolute Gasteiger partial charge is 0.306 e. The summed E-state index contributed by atoms with van der Waals surface area (Å²) >= 11 is 0. The lowest BCUT2D eigenvalue weighted by Crippen LogP contribution is -2.30. The molecule has 0 amide bonds. The molecule has 0 bridgehead atoms. The fraction of sp³-hybridized carbons (Fsp3) is 0.769. The summed E-state index contributed by atoms with van der Waals surface area (Å²) in [7, 11) is 0. The molecule has 4 nitrogen and oxygen atoms in total. The summed E-state index contributed by atoms with van der Waals surface area (Å²) in [6, 6.07) is 0. The highest BCUT2D eigenvalue weighted by atomic mass is 16.7. The van der Waals surface area contributed by atoms with E-state index in [2.05, 4.69) is 6.92 Å². The molecule has 0 aliphatic carbocycles. The van der Waals surface area contributed by atoms with Crippen molar-refractivity contribution >= 4 is 5.97 Å². The molecule has 98 valence electrons. The average Bonchev–Trinajstić information content (AvgIpc) is 2.73. The van der Waals surface area contributed by atoms with Crippen LogP contribution in [0.4, 0.5) is 0 Å². The van der Waals surface area contributed by atoms with Crippen LogP contribution >= 0.6 is 0 Å². The third-order valence-electron chi connectivity index (χ3n) is 2.54. The zero-order valence-electron chi connectivity index (χ0n) is 10.9. The maximum atomic E-state index is 11.5. The lowest BCUT2D eigenvalue weighted by Gasteiger charge is -2.27. The molecule has 0 fully saturated rings. The maximum Gasteiger partial charge on any atom is 0.306 e. The Labute approximate surface area is 103 Å². The highest BCUT2D eigenvalue weighted by Gasteiger charge is 2.35. The largest absolute Gasteiger partial charge is 0.465 e. The van der Waals surface area contributed by atoms with Crippen LogP contribution in [-0.4, -0.2) is 18.4 Å². The standard InChI is InChI=1S/C13H22O4/c1-4-6-13(16-8-9-17-13)7-5-12(14)15-10-11(2)3/h8-9,11H,4-7,10H2,1-3H3. The van der Waals surface area contributed by atoms with Crippen LogP contribution in [0.1, 0.15) is 46.5 Å². The van der Waals surface area contributed by atoms with Crippen molar-refractivity contribution in [3.05, 3.63) is 12.5 Å². The van der Waals surface area contributed by atoms with Gasteiger partial charge in [0, 0.05) is 12.8 Å². The van der Waals surface area contributed by atoms with Gasteiger partial charge in [0.1, 0.15) is 12.5 Å². The Balaban J connectivity index is 2.29. The molecular formula is C13H22O4. The third-order valence-corrected chi connectivity index (χ3v) is 2.54. The molecule has 0 radical (unpaired) electrons. The van der Waals surface area contributed by atoms with Crippen LogP contribution in [-0.2, 0) is 19.0 Å². The Morgan fingerprint density at radius 3 is 2.47 bits per heavy atom. The van der Waals surface area contributed by atoms with E-state index in [1.54, 1.807) is 0 Å². The number of carbonyl (C=O) groups is 1. The molecule has 0 aromatic heterocycles. The minimum absolute atomic E-state index is 0.187. The van der Waals surface area contributed by atoms with Crippen LogP contribution in [0, 0.1) is 5.92 Å². The van der Waals surface area contributed by atoms with E-state index in [0.29, 0.717) is 25.4 Å². The minimum atomic E-state index is -0.647. The number of ether oxygens (including phenoxy) is 3. The second kappa shape index (κ2) is 6.52. The SMILES string of the molecule is CCCC1(CCC(=O)OCC(C)C)OC=CO1. The highest BCUT2D eigenvalue weighted by Crippen LogP contribution is 2.30. The molecule has 0 spiro atoms. The van der Waals surface area contributed by atoms with Gasteiger partial charge in [-0.25, -0.2) is 0 Å². The number of esters is 1. The molecule has 0 aromatic carbocycles. The van der Waals surface area contributed by atoms with Crippen molar-refractivity contribution in [1.29, 1.82) is 0 Å². The molecule has 1 aliphatic rings. The lowest BCUT2D eigenvalue weighted by atomic mass is 10.1. The highest BCUT2D eigenvalue weighted by molar-refractivity contribution is 5.69. The van der Waals surface area contributed by atoms with Crippen LogP contribution < -0.4 is 0 Å². The van der Waals surface area contributed by atoms with E-state index in [-0.39, 0.29) is 5.97 Å². The second-order valence-corrected chi connectivity index (χ2v) is 4.75. The van der Waals surface area contributed by atoms with Crippen molar-refractivity contribution in [3.8, 4) is 0 Å². The number of rotatable bonds is 7.